The molecule has 0 saturated carbocycles. The first kappa shape index (κ1) is 14.8. The molecule has 1 aromatic rings. The van der Waals surface area contributed by atoms with E-state index in [0.29, 0.717) is 19.5 Å². The third-order valence-electron chi connectivity index (χ3n) is 2.52. The second-order valence-electron chi connectivity index (χ2n) is 4.33. The van der Waals surface area contributed by atoms with E-state index in [0.717, 1.165) is 16.1 Å². The van der Waals surface area contributed by atoms with Gasteiger partial charge in [0, 0.05) is 18.1 Å². The molecule has 0 aliphatic carbocycles. The minimum atomic E-state index is -0.399. The minimum Gasteiger partial charge on any atom is -0.393 e. The summed E-state index contributed by atoms with van der Waals surface area (Å²) in [5, 5.41) is 15.2. The monoisotopic (exact) mass is 270 g/mol. The van der Waals surface area contributed by atoms with Crippen molar-refractivity contribution in [2.75, 3.05) is 6.54 Å². The summed E-state index contributed by atoms with van der Waals surface area (Å²) in [4.78, 5) is 11.4. The second kappa shape index (κ2) is 7.24. The van der Waals surface area contributed by atoms with Gasteiger partial charge in [0.05, 0.1) is 6.10 Å². The Labute approximate surface area is 112 Å². The number of amides is 2. The quantitative estimate of drug-likeness (QED) is 0.768. The number of hydrogen-bond acceptors (Lipinski definition) is 2. The number of aliphatic hydroxyl groups excluding tert-OH is 1. The van der Waals surface area contributed by atoms with Gasteiger partial charge in [0.15, 0.2) is 0 Å². The Morgan fingerprint density at radius 3 is 2.78 bits per heavy atom. The lowest BCUT2D eigenvalue weighted by Gasteiger charge is -2.09. The predicted molar refractivity (Wildman–Crippen MR) is 72.7 cm³/mol. The highest BCUT2D eigenvalue weighted by Gasteiger charge is 2.02. The van der Waals surface area contributed by atoms with Crippen LogP contribution in [0.4, 0.5) is 4.79 Å². The lowest BCUT2D eigenvalue weighted by atomic mass is 10.1. The Balaban J connectivity index is 2.31. The van der Waals surface area contributed by atoms with Crippen LogP contribution in [0.3, 0.4) is 0 Å². The van der Waals surface area contributed by atoms with Gasteiger partial charge < -0.3 is 15.7 Å². The Morgan fingerprint density at radius 2 is 2.17 bits per heavy atom. The van der Waals surface area contributed by atoms with E-state index in [1.165, 1.54) is 0 Å². The van der Waals surface area contributed by atoms with Gasteiger partial charge in [-0.05, 0) is 37.5 Å². The first-order valence-corrected chi connectivity index (χ1v) is 6.31. The van der Waals surface area contributed by atoms with Gasteiger partial charge in [-0.3, -0.25) is 0 Å². The molecule has 18 heavy (non-hydrogen) atoms. The number of rotatable bonds is 5. The second-order valence-corrected chi connectivity index (χ2v) is 4.74. The zero-order valence-corrected chi connectivity index (χ0v) is 11.4. The Morgan fingerprint density at radius 1 is 1.44 bits per heavy atom. The molecule has 1 atom stereocenters. The molecule has 0 fully saturated rings. The summed E-state index contributed by atoms with van der Waals surface area (Å²) in [6, 6.07) is 5.41. The summed E-state index contributed by atoms with van der Waals surface area (Å²) < 4.78 is 0. The smallest absolute Gasteiger partial charge is 0.315 e. The average Bonchev–Trinajstić information content (AvgIpc) is 2.30. The van der Waals surface area contributed by atoms with Gasteiger partial charge in [0.1, 0.15) is 0 Å². The third kappa shape index (κ3) is 5.38. The first-order valence-electron chi connectivity index (χ1n) is 5.94. The van der Waals surface area contributed by atoms with Gasteiger partial charge in [-0.1, -0.05) is 23.7 Å². The van der Waals surface area contributed by atoms with Gasteiger partial charge in [-0.25, -0.2) is 4.79 Å². The van der Waals surface area contributed by atoms with E-state index in [-0.39, 0.29) is 6.03 Å². The number of halogens is 1. The molecule has 4 nitrogen and oxygen atoms in total. The predicted octanol–water partition coefficient (Wildman–Crippen LogP) is 2.22. The van der Waals surface area contributed by atoms with Crippen molar-refractivity contribution in [2.45, 2.75) is 32.9 Å². The molecule has 5 heteroatoms. The van der Waals surface area contributed by atoms with Gasteiger partial charge in [-0.2, -0.15) is 0 Å². The van der Waals surface area contributed by atoms with E-state index >= 15 is 0 Å². The molecule has 0 aromatic heterocycles. The molecule has 0 saturated heterocycles. The zero-order chi connectivity index (χ0) is 13.5. The third-order valence-corrected chi connectivity index (χ3v) is 2.95. The van der Waals surface area contributed by atoms with Crippen molar-refractivity contribution in [1.29, 1.82) is 0 Å². The highest BCUT2D eigenvalue weighted by Crippen LogP contribution is 2.15. The van der Waals surface area contributed by atoms with Crippen LogP contribution >= 0.6 is 11.6 Å². The van der Waals surface area contributed by atoms with Crippen molar-refractivity contribution in [3.8, 4) is 0 Å². The molecule has 0 aliphatic rings. The largest absolute Gasteiger partial charge is 0.393 e. The lowest BCUT2D eigenvalue weighted by molar-refractivity contribution is 0.183. The van der Waals surface area contributed by atoms with Crippen LogP contribution in [0.15, 0.2) is 18.2 Å². The Hall–Kier alpha value is -1.26. The Kier molecular flexibility index (Phi) is 5.95. The van der Waals surface area contributed by atoms with Crippen LogP contribution in [0.2, 0.25) is 5.02 Å². The number of hydrogen-bond donors (Lipinski definition) is 3. The lowest BCUT2D eigenvalue weighted by Crippen LogP contribution is -2.36. The number of nitrogens with one attached hydrogen (secondary N) is 2. The van der Waals surface area contributed by atoms with Crippen LogP contribution in [0, 0.1) is 6.92 Å². The SMILES string of the molecule is Cc1cc(CNC(=O)NCC[C@H](C)O)ccc1Cl. The van der Waals surface area contributed by atoms with E-state index in [9.17, 15) is 4.79 Å². The highest BCUT2D eigenvalue weighted by molar-refractivity contribution is 6.31. The van der Waals surface area contributed by atoms with Crippen LogP contribution in [0.1, 0.15) is 24.5 Å². The maximum atomic E-state index is 11.4. The summed E-state index contributed by atoms with van der Waals surface area (Å²) in [6.07, 6.45) is 0.150. The maximum absolute atomic E-state index is 11.4. The molecule has 1 rings (SSSR count). The summed E-state index contributed by atoms with van der Waals surface area (Å²) in [5.41, 5.74) is 1.99. The number of aryl methyl sites for hydroxylation is 1. The van der Waals surface area contributed by atoms with Crippen molar-refractivity contribution < 1.29 is 9.90 Å². The summed E-state index contributed by atoms with van der Waals surface area (Å²) in [5.74, 6) is 0. The number of benzene rings is 1. The van der Waals surface area contributed by atoms with E-state index in [4.69, 9.17) is 16.7 Å². The maximum Gasteiger partial charge on any atom is 0.315 e. The molecule has 0 spiro atoms. The summed E-state index contributed by atoms with van der Waals surface area (Å²) >= 11 is 5.92. The topological polar surface area (TPSA) is 61.4 Å². The molecule has 0 bridgehead atoms. The summed E-state index contributed by atoms with van der Waals surface area (Å²) in [6.45, 7) is 4.53. The van der Waals surface area contributed by atoms with E-state index in [1.807, 2.05) is 25.1 Å². The van der Waals surface area contributed by atoms with Crippen molar-refractivity contribution in [3.63, 3.8) is 0 Å². The van der Waals surface area contributed by atoms with Gasteiger partial charge in [0.2, 0.25) is 0 Å². The molecular weight excluding hydrogens is 252 g/mol. The van der Waals surface area contributed by atoms with Crippen molar-refractivity contribution >= 4 is 17.6 Å². The molecule has 0 heterocycles. The van der Waals surface area contributed by atoms with E-state index in [1.54, 1.807) is 6.92 Å². The molecule has 0 aliphatic heterocycles. The fourth-order valence-electron chi connectivity index (χ4n) is 1.46. The zero-order valence-electron chi connectivity index (χ0n) is 10.7. The number of carbonyl (C=O) groups excluding carboxylic acids is 1. The van der Waals surface area contributed by atoms with Gasteiger partial charge >= 0.3 is 6.03 Å². The van der Waals surface area contributed by atoms with Crippen molar-refractivity contribution in [2.24, 2.45) is 0 Å². The number of carbonyl (C=O) groups is 1. The molecule has 3 N–H and O–H groups in total. The fourth-order valence-corrected chi connectivity index (χ4v) is 1.57. The molecule has 2 amide bonds. The highest BCUT2D eigenvalue weighted by atomic mass is 35.5. The van der Waals surface area contributed by atoms with Crippen molar-refractivity contribution in [1.82, 2.24) is 10.6 Å². The van der Waals surface area contributed by atoms with Gasteiger partial charge in [-0.15, -0.1) is 0 Å². The minimum absolute atomic E-state index is 0.233. The standard InChI is InChI=1S/C13H19ClN2O2/c1-9-7-11(3-4-12(9)14)8-16-13(18)15-6-5-10(2)17/h3-4,7,10,17H,5-6,8H2,1-2H3,(H2,15,16,18)/t10-/m0/s1. The van der Waals surface area contributed by atoms with Crippen LogP contribution in [0.5, 0.6) is 0 Å². The van der Waals surface area contributed by atoms with E-state index in [2.05, 4.69) is 10.6 Å². The fraction of sp³-hybridized carbons (Fsp3) is 0.462. The number of urea groups is 1. The average molecular weight is 271 g/mol. The molecule has 0 radical (unpaired) electrons. The van der Waals surface area contributed by atoms with Gasteiger partial charge in [0.25, 0.3) is 0 Å². The van der Waals surface area contributed by atoms with Crippen LogP contribution in [0.25, 0.3) is 0 Å². The number of aliphatic hydroxyl groups is 1. The normalized spacial score (nSPS) is 12.0. The molecule has 0 unspecified atom stereocenters. The molecule has 100 valence electrons. The van der Waals surface area contributed by atoms with Crippen LogP contribution in [-0.2, 0) is 6.54 Å². The summed E-state index contributed by atoms with van der Waals surface area (Å²) in [7, 11) is 0. The van der Waals surface area contributed by atoms with E-state index < -0.39 is 6.10 Å². The van der Waals surface area contributed by atoms with Crippen LogP contribution in [-0.4, -0.2) is 23.8 Å². The first-order chi connectivity index (χ1) is 8.49. The Bertz CT molecular complexity index is 408. The van der Waals surface area contributed by atoms with Crippen molar-refractivity contribution in [3.05, 3.63) is 34.3 Å². The molecular formula is C13H19ClN2O2. The van der Waals surface area contributed by atoms with Crippen LogP contribution < -0.4 is 10.6 Å². The molecule has 1 aromatic carbocycles.